The first-order valence-electron chi connectivity index (χ1n) is 6.24. The van der Waals surface area contributed by atoms with E-state index in [9.17, 15) is 9.59 Å². The molecule has 0 unspecified atom stereocenters. The van der Waals surface area contributed by atoms with Gasteiger partial charge in [-0.1, -0.05) is 52.5 Å². The number of esters is 1. The smallest absolute Gasteiger partial charge is 0.338 e. The predicted molar refractivity (Wildman–Crippen MR) is 91.8 cm³/mol. The molecule has 0 spiro atoms. The second-order valence-electron chi connectivity index (χ2n) is 4.38. The van der Waals surface area contributed by atoms with Crippen molar-refractivity contribution in [2.75, 3.05) is 11.9 Å². The largest absolute Gasteiger partial charge is 0.452 e. The summed E-state index contributed by atoms with van der Waals surface area (Å²) in [5.41, 5.74) is 0.397. The number of halogens is 4. The van der Waals surface area contributed by atoms with Crippen LogP contribution < -0.4 is 5.32 Å². The number of rotatable bonds is 4. The maximum atomic E-state index is 11.9. The van der Waals surface area contributed by atoms with Crippen LogP contribution in [0.4, 0.5) is 5.69 Å². The lowest BCUT2D eigenvalue weighted by molar-refractivity contribution is -0.119. The number of anilines is 1. The molecule has 0 aromatic heterocycles. The van der Waals surface area contributed by atoms with E-state index < -0.39 is 18.5 Å². The summed E-state index contributed by atoms with van der Waals surface area (Å²) in [6, 6.07) is 9.04. The third kappa shape index (κ3) is 5.01. The average Bonchev–Trinajstić information content (AvgIpc) is 2.47. The third-order valence-corrected chi connectivity index (χ3v) is 3.73. The lowest BCUT2D eigenvalue weighted by Crippen LogP contribution is -2.21. The number of benzene rings is 2. The van der Waals surface area contributed by atoms with Crippen LogP contribution in [0.2, 0.25) is 20.1 Å². The van der Waals surface area contributed by atoms with Gasteiger partial charge in [-0.2, -0.15) is 0 Å². The molecule has 0 fully saturated rings. The number of carbonyl (C=O) groups is 2. The van der Waals surface area contributed by atoms with Gasteiger partial charge in [0.2, 0.25) is 0 Å². The summed E-state index contributed by atoms with van der Waals surface area (Å²) in [6.45, 7) is -0.509. The monoisotopic (exact) mass is 391 g/mol. The molecule has 0 bridgehead atoms. The van der Waals surface area contributed by atoms with Gasteiger partial charge in [-0.05, 0) is 30.3 Å². The van der Waals surface area contributed by atoms with Gasteiger partial charge >= 0.3 is 5.97 Å². The van der Waals surface area contributed by atoms with E-state index in [2.05, 4.69) is 5.32 Å². The highest BCUT2D eigenvalue weighted by Crippen LogP contribution is 2.29. The van der Waals surface area contributed by atoms with Gasteiger partial charge < -0.3 is 10.1 Å². The van der Waals surface area contributed by atoms with E-state index in [0.29, 0.717) is 0 Å². The number of ether oxygens (including phenoxy) is 1. The first-order chi connectivity index (χ1) is 10.9. The number of amides is 1. The van der Waals surface area contributed by atoms with Crippen molar-refractivity contribution in [3.8, 4) is 0 Å². The van der Waals surface area contributed by atoms with Crippen molar-refractivity contribution in [2.45, 2.75) is 0 Å². The van der Waals surface area contributed by atoms with E-state index in [1.54, 1.807) is 18.2 Å². The zero-order valence-corrected chi connectivity index (χ0v) is 14.4. The number of para-hydroxylation sites is 1. The molecule has 120 valence electrons. The van der Waals surface area contributed by atoms with E-state index >= 15 is 0 Å². The SMILES string of the molecule is O=C(COC(=O)c1cc(Cl)cc(Cl)c1)Nc1c(Cl)cccc1Cl. The number of hydrogen-bond donors (Lipinski definition) is 1. The maximum Gasteiger partial charge on any atom is 0.338 e. The lowest BCUT2D eigenvalue weighted by Gasteiger charge is -2.09. The number of carbonyl (C=O) groups excluding carboxylic acids is 2. The Balaban J connectivity index is 1.97. The van der Waals surface area contributed by atoms with E-state index in [0.717, 1.165) is 0 Å². The molecule has 0 radical (unpaired) electrons. The minimum atomic E-state index is -0.727. The number of hydrogen-bond acceptors (Lipinski definition) is 3. The van der Waals surface area contributed by atoms with E-state index in [1.807, 2.05) is 0 Å². The normalized spacial score (nSPS) is 10.3. The topological polar surface area (TPSA) is 55.4 Å². The molecule has 2 rings (SSSR count). The molecule has 1 N–H and O–H groups in total. The van der Waals surface area contributed by atoms with Crippen LogP contribution in [0.3, 0.4) is 0 Å². The highest BCUT2D eigenvalue weighted by atomic mass is 35.5. The molecular formula is C15H9Cl4NO3. The van der Waals surface area contributed by atoms with Crippen molar-refractivity contribution in [3.05, 3.63) is 62.1 Å². The van der Waals surface area contributed by atoms with E-state index in [4.69, 9.17) is 51.1 Å². The molecule has 2 aromatic carbocycles. The van der Waals surface area contributed by atoms with Crippen LogP contribution in [0.1, 0.15) is 10.4 Å². The summed E-state index contributed by atoms with van der Waals surface area (Å²) in [5.74, 6) is -1.31. The van der Waals surface area contributed by atoms with Crippen molar-refractivity contribution < 1.29 is 14.3 Å². The summed E-state index contributed by atoms with van der Waals surface area (Å²) in [5, 5.41) is 3.61. The Morgan fingerprint density at radius 2 is 1.52 bits per heavy atom. The Bertz CT molecular complexity index is 724. The first kappa shape index (κ1) is 17.9. The van der Waals surface area contributed by atoms with Crippen LogP contribution in [-0.4, -0.2) is 18.5 Å². The van der Waals surface area contributed by atoms with Crippen molar-refractivity contribution in [3.63, 3.8) is 0 Å². The second kappa shape index (κ2) is 7.88. The van der Waals surface area contributed by atoms with E-state index in [1.165, 1.54) is 18.2 Å². The van der Waals surface area contributed by atoms with Gasteiger partial charge in [0.15, 0.2) is 6.61 Å². The van der Waals surface area contributed by atoms with Gasteiger partial charge in [-0.3, -0.25) is 4.79 Å². The molecule has 8 heteroatoms. The van der Waals surface area contributed by atoms with Gasteiger partial charge in [0.25, 0.3) is 5.91 Å². The minimum absolute atomic E-state index is 0.145. The van der Waals surface area contributed by atoms with Crippen LogP contribution in [0.15, 0.2) is 36.4 Å². The summed E-state index contributed by atoms with van der Waals surface area (Å²) >= 11 is 23.5. The zero-order valence-electron chi connectivity index (χ0n) is 11.4. The van der Waals surface area contributed by atoms with Gasteiger partial charge in [-0.15, -0.1) is 0 Å². The standard InChI is InChI=1S/C15H9Cl4NO3/c16-9-4-8(5-10(17)6-9)15(22)23-7-13(21)20-14-11(18)2-1-3-12(14)19/h1-6H,7H2,(H,20,21). The molecule has 2 aromatic rings. The second-order valence-corrected chi connectivity index (χ2v) is 6.07. The maximum absolute atomic E-state index is 11.9. The predicted octanol–water partition coefficient (Wildman–Crippen LogP) is 5.10. The van der Waals surface area contributed by atoms with Gasteiger partial charge in [-0.25, -0.2) is 4.79 Å². The minimum Gasteiger partial charge on any atom is -0.452 e. The van der Waals surface area contributed by atoms with Crippen molar-refractivity contribution in [1.82, 2.24) is 0 Å². The molecule has 0 heterocycles. The van der Waals surface area contributed by atoms with Gasteiger partial charge in [0.05, 0.1) is 21.3 Å². The van der Waals surface area contributed by atoms with Crippen LogP contribution >= 0.6 is 46.4 Å². The van der Waals surface area contributed by atoms with Crippen molar-refractivity contribution in [2.24, 2.45) is 0 Å². The molecular weight excluding hydrogens is 384 g/mol. The van der Waals surface area contributed by atoms with E-state index in [-0.39, 0.29) is 31.3 Å². The number of nitrogens with one attached hydrogen (secondary N) is 1. The van der Waals surface area contributed by atoms with Crippen LogP contribution in [-0.2, 0) is 9.53 Å². The first-order valence-corrected chi connectivity index (χ1v) is 7.75. The fraction of sp³-hybridized carbons (Fsp3) is 0.0667. The summed E-state index contributed by atoms with van der Waals surface area (Å²) in [6.07, 6.45) is 0. The van der Waals surface area contributed by atoms with Crippen LogP contribution in [0.25, 0.3) is 0 Å². The van der Waals surface area contributed by atoms with Crippen LogP contribution in [0.5, 0.6) is 0 Å². The Morgan fingerprint density at radius 3 is 2.09 bits per heavy atom. The molecule has 23 heavy (non-hydrogen) atoms. The third-order valence-electron chi connectivity index (χ3n) is 2.66. The fourth-order valence-electron chi connectivity index (χ4n) is 1.68. The Labute approximate surface area is 152 Å². The summed E-state index contributed by atoms with van der Waals surface area (Å²) < 4.78 is 4.90. The zero-order chi connectivity index (χ0) is 17.0. The molecule has 0 saturated heterocycles. The molecule has 4 nitrogen and oxygen atoms in total. The van der Waals surface area contributed by atoms with Gasteiger partial charge in [0, 0.05) is 10.0 Å². The molecule has 0 saturated carbocycles. The molecule has 0 aliphatic heterocycles. The highest BCUT2D eigenvalue weighted by molar-refractivity contribution is 6.39. The molecule has 1 amide bonds. The fourth-order valence-corrected chi connectivity index (χ4v) is 2.70. The Morgan fingerprint density at radius 1 is 0.957 bits per heavy atom. The van der Waals surface area contributed by atoms with Crippen LogP contribution in [0, 0.1) is 0 Å². The van der Waals surface area contributed by atoms with Crippen molar-refractivity contribution in [1.29, 1.82) is 0 Å². The van der Waals surface area contributed by atoms with Crippen molar-refractivity contribution >= 4 is 64.0 Å². The molecule has 0 atom stereocenters. The Kier molecular flexibility index (Phi) is 6.13. The quantitative estimate of drug-likeness (QED) is 0.736. The Hall–Kier alpha value is -1.46. The summed E-state index contributed by atoms with van der Waals surface area (Å²) in [4.78, 5) is 23.7. The summed E-state index contributed by atoms with van der Waals surface area (Å²) in [7, 11) is 0. The molecule has 0 aliphatic rings. The lowest BCUT2D eigenvalue weighted by atomic mass is 10.2. The average molecular weight is 393 g/mol. The molecule has 0 aliphatic carbocycles. The van der Waals surface area contributed by atoms with Gasteiger partial charge in [0.1, 0.15) is 0 Å². The highest BCUT2D eigenvalue weighted by Gasteiger charge is 2.14.